The van der Waals surface area contributed by atoms with E-state index in [1.165, 1.54) is 0 Å². The van der Waals surface area contributed by atoms with Crippen LogP contribution in [0.15, 0.2) is 0 Å². The van der Waals surface area contributed by atoms with Crippen LogP contribution in [0.25, 0.3) is 0 Å². The molecule has 0 heterocycles. The molecule has 23 heavy (non-hydrogen) atoms. The summed E-state index contributed by atoms with van der Waals surface area (Å²) in [4.78, 5) is 23.8. The summed E-state index contributed by atoms with van der Waals surface area (Å²) in [7, 11) is 0. The Morgan fingerprint density at radius 1 is 1.09 bits per heavy atom. The summed E-state index contributed by atoms with van der Waals surface area (Å²) in [5.41, 5.74) is -0.807. The van der Waals surface area contributed by atoms with E-state index < -0.39 is 5.60 Å². The minimum Gasteiger partial charge on any atom is -0.444 e. The molecule has 4 aliphatic carbocycles. The van der Waals surface area contributed by atoms with Gasteiger partial charge in [-0.25, -0.2) is 4.79 Å². The minimum absolute atomic E-state index is 0.0462. The zero-order chi connectivity index (χ0) is 16.9. The summed E-state index contributed by atoms with van der Waals surface area (Å²) in [6.45, 7) is 7.88. The average molecular weight is 324 g/mol. The largest absolute Gasteiger partial charge is 0.444 e. The summed E-state index contributed by atoms with van der Waals surface area (Å²) >= 11 is 0. The van der Waals surface area contributed by atoms with Crippen molar-refractivity contribution in [3.8, 4) is 0 Å². The molecule has 4 aliphatic rings. The number of rotatable bonds is 5. The second-order valence-electron chi connectivity index (χ2n) is 8.78. The second-order valence-corrected chi connectivity index (χ2v) is 8.78. The van der Waals surface area contributed by atoms with E-state index in [0.717, 1.165) is 38.0 Å². The van der Waals surface area contributed by atoms with Crippen molar-refractivity contribution in [2.24, 2.45) is 5.92 Å². The maximum absolute atomic E-state index is 12.0. The van der Waals surface area contributed by atoms with Crippen molar-refractivity contribution in [1.82, 2.24) is 10.6 Å². The molecule has 6 nitrogen and oxygen atoms in total. The van der Waals surface area contributed by atoms with Crippen LogP contribution in [-0.4, -0.2) is 41.4 Å². The van der Waals surface area contributed by atoms with Gasteiger partial charge in [-0.2, -0.15) is 0 Å². The Morgan fingerprint density at radius 2 is 1.65 bits per heavy atom. The fraction of sp³-hybridized carbons (Fsp3) is 0.882. The molecular weight excluding hydrogens is 296 g/mol. The van der Waals surface area contributed by atoms with Crippen LogP contribution in [0.1, 0.15) is 59.8 Å². The lowest BCUT2D eigenvalue weighted by Crippen LogP contribution is -2.84. The predicted molar refractivity (Wildman–Crippen MR) is 85.0 cm³/mol. The number of hydrogen-bond acceptors (Lipinski definition) is 4. The normalized spacial score (nSPS) is 37.7. The van der Waals surface area contributed by atoms with Gasteiger partial charge in [-0.15, -0.1) is 0 Å². The van der Waals surface area contributed by atoms with Gasteiger partial charge < -0.3 is 20.1 Å². The van der Waals surface area contributed by atoms with Gasteiger partial charge in [-0.1, -0.05) is 6.92 Å². The quantitative estimate of drug-likeness (QED) is 0.812. The third-order valence-electron chi connectivity index (χ3n) is 4.98. The standard InChI is InChI=1S/C17H28N2O4/c1-11-5-12(6-11)22-7-13(20)18-16-8-17(9-16,10-16)19-14(21)23-15(2,3)4/h11-12H,5-10H2,1-4H3,(H,18,20)(H,19,21). The van der Waals surface area contributed by atoms with E-state index in [-0.39, 0.29) is 35.8 Å². The molecule has 0 radical (unpaired) electrons. The van der Waals surface area contributed by atoms with Crippen LogP contribution in [0.2, 0.25) is 0 Å². The third-order valence-corrected chi connectivity index (χ3v) is 4.98. The summed E-state index contributed by atoms with van der Waals surface area (Å²) in [6.07, 6.45) is 4.34. The molecule has 0 aromatic heterocycles. The first-order chi connectivity index (χ1) is 10.6. The van der Waals surface area contributed by atoms with E-state index in [0.29, 0.717) is 0 Å². The van der Waals surface area contributed by atoms with Crippen LogP contribution >= 0.6 is 0 Å². The van der Waals surface area contributed by atoms with Crippen molar-refractivity contribution in [3.63, 3.8) is 0 Å². The van der Waals surface area contributed by atoms with Gasteiger partial charge >= 0.3 is 6.09 Å². The Bertz CT molecular complexity index is 485. The van der Waals surface area contributed by atoms with Crippen LogP contribution in [0.3, 0.4) is 0 Å². The smallest absolute Gasteiger partial charge is 0.408 e. The van der Waals surface area contributed by atoms with E-state index in [2.05, 4.69) is 17.6 Å². The number of carbonyl (C=O) groups is 2. The van der Waals surface area contributed by atoms with Crippen LogP contribution in [0.5, 0.6) is 0 Å². The monoisotopic (exact) mass is 324 g/mol. The van der Waals surface area contributed by atoms with Crippen molar-refractivity contribution in [1.29, 1.82) is 0 Å². The number of amides is 2. The lowest BCUT2D eigenvalue weighted by Gasteiger charge is -2.70. The van der Waals surface area contributed by atoms with Gasteiger partial charge in [-0.3, -0.25) is 4.79 Å². The molecule has 4 rings (SSSR count). The lowest BCUT2D eigenvalue weighted by molar-refractivity contribution is -0.148. The molecule has 4 fully saturated rings. The summed E-state index contributed by atoms with van der Waals surface area (Å²) in [5.74, 6) is 0.676. The van der Waals surface area contributed by atoms with Gasteiger partial charge in [0.15, 0.2) is 0 Å². The molecule has 0 aliphatic heterocycles. The number of hydrogen-bond donors (Lipinski definition) is 2. The zero-order valence-corrected chi connectivity index (χ0v) is 14.5. The van der Waals surface area contributed by atoms with Gasteiger partial charge in [-0.05, 0) is 58.8 Å². The van der Waals surface area contributed by atoms with Gasteiger partial charge in [0.05, 0.1) is 11.6 Å². The van der Waals surface area contributed by atoms with Crippen LogP contribution in [0.4, 0.5) is 4.79 Å². The Morgan fingerprint density at radius 3 is 2.17 bits per heavy atom. The fourth-order valence-electron chi connectivity index (χ4n) is 4.06. The van der Waals surface area contributed by atoms with E-state index in [9.17, 15) is 9.59 Å². The first kappa shape index (κ1) is 16.6. The first-order valence-electron chi connectivity index (χ1n) is 8.53. The van der Waals surface area contributed by atoms with E-state index in [1.54, 1.807) is 0 Å². The van der Waals surface area contributed by atoms with Crippen molar-refractivity contribution in [2.75, 3.05) is 6.61 Å². The maximum atomic E-state index is 12.0. The molecule has 2 bridgehead atoms. The molecule has 0 aromatic rings. The number of alkyl carbamates (subject to hydrolysis) is 1. The topological polar surface area (TPSA) is 76.7 Å². The van der Waals surface area contributed by atoms with E-state index in [4.69, 9.17) is 9.47 Å². The van der Waals surface area contributed by atoms with Crippen molar-refractivity contribution in [3.05, 3.63) is 0 Å². The van der Waals surface area contributed by atoms with Gasteiger partial charge in [0.25, 0.3) is 0 Å². The molecule has 0 unspecified atom stereocenters. The molecule has 2 amide bonds. The van der Waals surface area contributed by atoms with Gasteiger partial charge in [0, 0.05) is 5.54 Å². The minimum atomic E-state index is -0.490. The molecule has 4 saturated carbocycles. The Labute approximate surface area is 137 Å². The van der Waals surface area contributed by atoms with Crippen LogP contribution in [0, 0.1) is 5.92 Å². The number of ether oxygens (including phenoxy) is 2. The lowest BCUT2D eigenvalue weighted by atomic mass is 9.44. The van der Waals surface area contributed by atoms with Crippen molar-refractivity contribution < 1.29 is 19.1 Å². The molecule has 2 N–H and O–H groups in total. The molecule has 0 spiro atoms. The molecule has 0 aromatic carbocycles. The summed E-state index contributed by atoms with van der Waals surface area (Å²) in [6, 6.07) is 0. The Kier molecular flexibility index (Phi) is 3.86. The molecule has 6 heteroatoms. The fourth-order valence-corrected chi connectivity index (χ4v) is 4.06. The van der Waals surface area contributed by atoms with Gasteiger partial charge in [0.1, 0.15) is 12.2 Å². The summed E-state index contributed by atoms with van der Waals surface area (Å²) < 4.78 is 10.9. The highest BCUT2D eigenvalue weighted by molar-refractivity contribution is 5.79. The number of nitrogens with one attached hydrogen (secondary N) is 2. The molecule has 0 atom stereocenters. The van der Waals surface area contributed by atoms with E-state index in [1.807, 2.05) is 20.8 Å². The first-order valence-corrected chi connectivity index (χ1v) is 8.53. The summed E-state index contributed by atoms with van der Waals surface area (Å²) in [5, 5.41) is 6.01. The highest BCUT2D eigenvalue weighted by Gasteiger charge is 2.69. The maximum Gasteiger partial charge on any atom is 0.408 e. The van der Waals surface area contributed by atoms with Crippen molar-refractivity contribution >= 4 is 12.0 Å². The highest BCUT2D eigenvalue weighted by atomic mass is 16.6. The number of carbonyl (C=O) groups excluding carboxylic acids is 2. The molecule has 0 saturated heterocycles. The molecular formula is C17H28N2O4. The van der Waals surface area contributed by atoms with Crippen LogP contribution in [-0.2, 0) is 14.3 Å². The third kappa shape index (κ3) is 3.62. The van der Waals surface area contributed by atoms with Crippen molar-refractivity contribution in [2.45, 2.75) is 82.6 Å². The second kappa shape index (κ2) is 5.36. The Balaban J connectivity index is 1.34. The van der Waals surface area contributed by atoms with E-state index >= 15 is 0 Å². The highest BCUT2D eigenvalue weighted by Crippen LogP contribution is 2.60. The predicted octanol–water partition coefficient (Wildman–Crippen LogP) is 2.12. The Hall–Kier alpha value is -1.30. The van der Waals surface area contributed by atoms with Crippen LogP contribution < -0.4 is 10.6 Å². The molecule has 130 valence electrons. The SMILES string of the molecule is CC1CC(OCC(=O)NC23CC(NC(=O)OC(C)(C)C)(C2)C3)C1. The average Bonchev–Trinajstić information content (AvgIpc) is 2.26. The zero-order valence-electron chi connectivity index (χ0n) is 14.5. The van der Waals surface area contributed by atoms with Gasteiger partial charge in [0.2, 0.25) is 5.91 Å².